The Morgan fingerprint density at radius 3 is 2.42 bits per heavy atom. The van der Waals surface area contributed by atoms with Gasteiger partial charge in [0, 0.05) is 22.8 Å². The number of anilines is 3. The van der Waals surface area contributed by atoms with Crippen molar-refractivity contribution in [3.8, 4) is 0 Å². The largest absolute Gasteiger partial charge is 0.373 e. The van der Waals surface area contributed by atoms with Crippen LogP contribution in [0.4, 0.5) is 17.3 Å². The van der Waals surface area contributed by atoms with Crippen molar-refractivity contribution in [2.24, 2.45) is 0 Å². The third-order valence-electron chi connectivity index (χ3n) is 2.95. The number of halogens is 1. The molecule has 4 nitrogen and oxygen atoms in total. The maximum absolute atomic E-state index is 4.47. The lowest BCUT2D eigenvalue weighted by molar-refractivity contribution is 1.03. The molecule has 0 saturated carbocycles. The molecule has 0 aliphatic rings. The molecule has 2 N–H and O–H groups in total. The lowest BCUT2D eigenvalue weighted by Crippen LogP contribution is -2.05. The number of nitrogens with one attached hydrogen (secondary N) is 2. The van der Waals surface area contributed by atoms with Gasteiger partial charge in [-0.15, -0.1) is 0 Å². The number of hydrogen-bond acceptors (Lipinski definition) is 4. The molecular weight excluding hydrogens is 304 g/mol. The zero-order valence-corrected chi connectivity index (χ0v) is 13.1. The summed E-state index contributed by atoms with van der Waals surface area (Å²) in [5.74, 6) is 2.42. The maximum Gasteiger partial charge on any atom is 0.139 e. The number of aromatic nitrogens is 2. The fraction of sp³-hybridized carbons (Fsp3) is 0.286. The van der Waals surface area contributed by atoms with Gasteiger partial charge in [-0.1, -0.05) is 22.0 Å². The highest BCUT2D eigenvalue weighted by Gasteiger charge is 2.09. The maximum atomic E-state index is 4.47. The van der Waals surface area contributed by atoms with Gasteiger partial charge in [-0.2, -0.15) is 0 Å². The number of hydrogen-bond donors (Lipinski definition) is 2. The highest BCUT2D eigenvalue weighted by molar-refractivity contribution is 9.10. The first-order valence-electron chi connectivity index (χ1n) is 6.07. The molecule has 0 fully saturated rings. The third-order valence-corrected chi connectivity index (χ3v) is 3.44. The van der Waals surface area contributed by atoms with Gasteiger partial charge in [0.25, 0.3) is 0 Å². The van der Waals surface area contributed by atoms with E-state index in [4.69, 9.17) is 0 Å². The summed E-state index contributed by atoms with van der Waals surface area (Å²) in [4.78, 5) is 8.83. The molecule has 0 spiro atoms. The standard InChI is InChI=1S/C14H17BrN4/c1-8-5-6-11(15)7-12(8)19-14-9(2)13(16-4)17-10(3)18-14/h5-7H,1-4H3,(H2,16,17,18,19). The lowest BCUT2D eigenvalue weighted by atomic mass is 10.2. The number of benzene rings is 1. The van der Waals surface area contributed by atoms with Crippen LogP contribution >= 0.6 is 15.9 Å². The summed E-state index contributed by atoms with van der Waals surface area (Å²) < 4.78 is 1.04. The summed E-state index contributed by atoms with van der Waals surface area (Å²) in [6, 6.07) is 6.14. The summed E-state index contributed by atoms with van der Waals surface area (Å²) in [5, 5.41) is 6.46. The van der Waals surface area contributed by atoms with Crippen LogP contribution in [0, 0.1) is 20.8 Å². The fourth-order valence-corrected chi connectivity index (χ4v) is 2.21. The molecule has 0 aliphatic heterocycles. The second-order valence-corrected chi connectivity index (χ2v) is 5.34. The van der Waals surface area contributed by atoms with Crippen LogP contribution in [-0.4, -0.2) is 17.0 Å². The molecule has 0 aliphatic carbocycles. The van der Waals surface area contributed by atoms with E-state index in [9.17, 15) is 0 Å². The van der Waals surface area contributed by atoms with Gasteiger partial charge in [-0.3, -0.25) is 0 Å². The summed E-state index contributed by atoms with van der Waals surface area (Å²) in [7, 11) is 1.86. The molecule has 1 heterocycles. The van der Waals surface area contributed by atoms with Crippen LogP contribution in [0.1, 0.15) is 17.0 Å². The van der Waals surface area contributed by atoms with E-state index in [2.05, 4.69) is 49.5 Å². The topological polar surface area (TPSA) is 49.8 Å². The second-order valence-electron chi connectivity index (χ2n) is 4.43. The van der Waals surface area contributed by atoms with Crippen molar-refractivity contribution in [3.05, 3.63) is 39.6 Å². The quantitative estimate of drug-likeness (QED) is 0.899. The van der Waals surface area contributed by atoms with Gasteiger partial charge in [0.05, 0.1) is 0 Å². The van der Waals surface area contributed by atoms with Crippen molar-refractivity contribution in [1.29, 1.82) is 0 Å². The summed E-state index contributed by atoms with van der Waals surface area (Å²) in [6.07, 6.45) is 0. The molecule has 1 aromatic carbocycles. The Morgan fingerprint density at radius 1 is 1.05 bits per heavy atom. The van der Waals surface area contributed by atoms with E-state index in [1.54, 1.807) is 0 Å². The molecule has 0 saturated heterocycles. The average Bonchev–Trinajstić information content (AvgIpc) is 2.37. The second kappa shape index (κ2) is 5.57. The lowest BCUT2D eigenvalue weighted by Gasteiger charge is -2.14. The van der Waals surface area contributed by atoms with E-state index in [1.165, 1.54) is 5.56 Å². The van der Waals surface area contributed by atoms with Gasteiger partial charge in [-0.05, 0) is 38.5 Å². The number of nitrogens with zero attached hydrogens (tertiary/aromatic N) is 2. The van der Waals surface area contributed by atoms with Gasteiger partial charge in [0.15, 0.2) is 0 Å². The average molecular weight is 321 g/mol. The van der Waals surface area contributed by atoms with Crippen molar-refractivity contribution >= 4 is 33.3 Å². The zero-order valence-electron chi connectivity index (χ0n) is 11.5. The van der Waals surface area contributed by atoms with E-state index >= 15 is 0 Å². The highest BCUT2D eigenvalue weighted by Crippen LogP contribution is 2.27. The predicted octanol–water partition coefficient (Wildman–Crippen LogP) is 3.95. The molecule has 100 valence electrons. The van der Waals surface area contributed by atoms with E-state index < -0.39 is 0 Å². The van der Waals surface area contributed by atoms with Gasteiger partial charge in [0.2, 0.25) is 0 Å². The minimum atomic E-state index is 0.741. The highest BCUT2D eigenvalue weighted by atomic mass is 79.9. The Morgan fingerprint density at radius 2 is 1.74 bits per heavy atom. The van der Waals surface area contributed by atoms with Crippen molar-refractivity contribution in [1.82, 2.24) is 9.97 Å². The molecule has 2 aromatic rings. The first-order chi connectivity index (χ1) is 9.01. The van der Waals surface area contributed by atoms with Crippen LogP contribution in [0.15, 0.2) is 22.7 Å². The molecule has 0 amide bonds. The normalized spacial score (nSPS) is 10.4. The SMILES string of the molecule is CNc1nc(C)nc(Nc2cc(Br)ccc2C)c1C. The molecule has 0 radical (unpaired) electrons. The molecule has 0 unspecified atom stereocenters. The molecule has 0 bridgehead atoms. The third kappa shape index (κ3) is 3.04. The minimum absolute atomic E-state index is 0.741. The first kappa shape index (κ1) is 13.8. The monoisotopic (exact) mass is 320 g/mol. The fourth-order valence-electron chi connectivity index (χ4n) is 1.85. The Labute approximate surface area is 121 Å². The number of rotatable bonds is 3. The Balaban J connectivity index is 2.43. The zero-order chi connectivity index (χ0) is 14.0. The van der Waals surface area contributed by atoms with Gasteiger partial charge in [-0.25, -0.2) is 9.97 Å². The van der Waals surface area contributed by atoms with Crippen LogP contribution in [-0.2, 0) is 0 Å². The van der Waals surface area contributed by atoms with Crippen molar-refractivity contribution in [3.63, 3.8) is 0 Å². The van der Waals surface area contributed by atoms with Crippen LogP contribution in [0.5, 0.6) is 0 Å². The first-order valence-corrected chi connectivity index (χ1v) is 6.86. The Bertz CT molecular complexity index is 611. The van der Waals surface area contributed by atoms with Gasteiger partial charge >= 0.3 is 0 Å². The molecule has 0 atom stereocenters. The van der Waals surface area contributed by atoms with E-state index in [0.29, 0.717) is 0 Å². The molecule has 1 aromatic heterocycles. The van der Waals surface area contributed by atoms with E-state index in [1.807, 2.05) is 33.0 Å². The summed E-state index contributed by atoms with van der Waals surface area (Å²) >= 11 is 3.49. The summed E-state index contributed by atoms with van der Waals surface area (Å²) in [6.45, 7) is 5.96. The smallest absolute Gasteiger partial charge is 0.139 e. The van der Waals surface area contributed by atoms with Crippen LogP contribution in [0.3, 0.4) is 0 Å². The van der Waals surface area contributed by atoms with Crippen molar-refractivity contribution < 1.29 is 0 Å². The van der Waals surface area contributed by atoms with Crippen LogP contribution < -0.4 is 10.6 Å². The van der Waals surface area contributed by atoms with Crippen LogP contribution in [0.25, 0.3) is 0 Å². The van der Waals surface area contributed by atoms with Crippen LogP contribution in [0.2, 0.25) is 0 Å². The van der Waals surface area contributed by atoms with E-state index in [0.717, 1.165) is 33.2 Å². The molecule has 2 rings (SSSR count). The molecular formula is C14H17BrN4. The Kier molecular flexibility index (Phi) is 4.04. The number of aryl methyl sites for hydroxylation is 2. The van der Waals surface area contributed by atoms with Gasteiger partial charge < -0.3 is 10.6 Å². The van der Waals surface area contributed by atoms with Crippen molar-refractivity contribution in [2.45, 2.75) is 20.8 Å². The molecule has 19 heavy (non-hydrogen) atoms. The van der Waals surface area contributed by atoms with E-state index in [-0.39, 0.29) is 0 Å². The van der Waals surface area contributed by atoms with Gasteiger partial charge in [0.1, 0.15) is 17.5 Å². The predicted molar refractivity (Wildman–Crippen MR) is 83.2 cm³/mol. The molecule has 5 heteroatoms. The minimum Gasteiger partial charge on any atom is -0.373 e. The Hall–Kier alpha value is -1.62. The van der Waals surface area contributed by atoms with Crippen molar-refractivity contribution in [2.75, 3.05) is 17.7 Å². The summed E-state index contributed by atoms with van der Waals surface area (Å²) in [5.41, 5.74) is 3.22.